The second kappa shape index (κ2) is 7.52. The number of rotatable bonds is 5. The van der Waals surface area contributed by atoms with Gasteiger partial charge in [-0.15, -0.1) is 0 Å². The van der Waals surface area contributed by atoms with Gasteiger partial charge in [0, 0.05) is 30.6 Å². The number of para-hydroxylation sites is 1. The third kappa shape index (κ3) is 3.52. The molecule has 1 aromatic carbocycles. The Hall–Kier alpha value is -2.94. The number of amides is 2. The summed E-state index contributed by atoms with van der Waals surface area (Å²) in [4.78, 5) is 24.6. The molecule has 2 amide bonds. The van der Waals surface area contributed by atoms with E-state index < -0.39 is 0 Å². The minimum Gasteiger partial charge on any atom is -0.350 e. The van der Waals surface area contributed by atoms with Gasteiger partial charge in [-0.05, 0) is 24.7 Å². The van der Waals surface area contributed by atoms with Crippen molar-refractivity contribution < 1.29 is 9.59 Å². The van der Waals surface area contributed by atoms with E-state index in [0.717, 1.165) is 17.3 Å². The summed E-state index contributed by atoms with van der Waals surface area (Å²) >= 11 is 5.15. The van der Waals surface area contributed by atoms with Gasteiger partial charge in [-0.2, -0.15) is 5.10 Å². The van der Waals surface area contributed by atoms with Crippen molar-refractivity contribution in [1.82, 2.24) is 30.2 Å². The molecular weight excluding hydrogens is 352 g/mol. The minimum atomic E-state index is -0.381. The lowest BCUT2D eigenvalue weighted by atomic mass is 10.2. The number of nitrogens with zero attached hydrogens (tertiary/aromatic N) is 3. The summed E-state index contributed by atoms with van der Waals surface area (Å²) in [6, 6.07) is 7.58. The first-order valence-electron chi connectivity index (χ1n) is 8.28. The van der Waals surface area contributed by atoms with Crippen LogP contribution in [0.2, 0.25) is 0 Å². The van der Waals surface area contributed by atoms with E-state index in [1.807, 2.05) is 42.8 Å². The van der Waals surface area contributed by atoms with Crippen molar-refractivity contribution >= 4 is 34.9 Å². The van der Waals surface area contributed by atoms with Gasteiger partial charge in [-0.25, -0.2) is 0 Å². The van der Waals surface area contributed by atoms with Gasteiger partial charge in [0.1, 0.15) is 12.4 Å². The largest absolute Gasteiger partial charge is 0.350 e. The Morgan fingerprint density at radius 1 is 1.27 bits per heavy atom. The number of H-pyrrole nitrogens is 1. The highest BCUT2D eigenvalue weighted by atomic mass is 32.1. The summed E-state index contributed by atoms with van der Waals surface area (Å²) in [5, 5.41) is 7.62. The van der Waals surface area contributed by atoms with Gasteiger partial charge in [-0.3, -0.25) is 30.1 Å². The number of aromatic nitrogens is 4. The van der Waals surface area contributed by atoms with Crippen LogP contribution in [0.4, 0.5) is 0 Å². The predicted molar refractivity (Wildman–Crippen MR) is 99.9 cm³/mol. The van der Waals surface area contributed by atoms with Gasteiger partial charge < -0.3 is 4.57 Å². The van der Waals surface area contributed by atoms with Crippen LogP contribution < -0.4 is 10.9 Å². The molecule has 0 aliphatic rings. The zero-order valence-corrected chi connectivity index (χ0v) is 15.4. The minimum absolute atomic E-state index is 0.0134. The average molecular weight is 372 g/mol. The number of hydrazine groups is 1. The van der Waals surface area contributed by atoms with Gasteiger partial charge in [0.05, 0.1) is 5.56 Å². The first-order chi connectivity index (χ1) is 12.5. The summed E-state index contributed by atoms with van der Waals surface area (Å²) in [5.74, 6) is -0.0406. The fourth-order valence-electron chi connectivity index (χ4n) is 2.83. The van der Waals surface area contributed by atoms with Crippen molar-refractivity contribution in [3.05, 3.63) is 46.6 Å². The van der Waals surface area contributed by atoms with Crippen molar-refractivity contribution in [2.45, 2.75) is 26.3 Å². The molecule has 0 fully saturated rings. The summed E-state index contributed by atoms with van der Waals surface area (Å²) in [6.45, 7) is 2.01. The average Bonchev–Trinajstić information content (AvgIpc) is 3.15. The number of aromatic amines is 1. The van der Waals surface area contributed by atoms with E-state index in [1.165, 1.54) is 0 Å². The number of benzene rings is 1. The fourth-order valence-corrected chi connectivity index (χ4v) is 3.04. The Morgan fingerprint density at radius 3 is 2.81 bits per heavy atom. The molecule has 3 N–H and O–H groups in total. The van der Waals surface area contributed by atoms with E-state index in [-0.39, 0.29) is 18.4 Å². The molecule has 0 aliphatic carbocycles. The summed E-state index contributed by atoms with van der Waals surface area (Å²) in [7, 11) is 1.87. The molecule has 3 rings (SSSR count). The van der Waals surface area contributed by atoms with Crippen LogP contribution >= 0.6 is 12.2 Å². The number of carbonyl (C=O) groups excluding carboxylic acids is 2. The van der Waals surface area contributed by atoms with Gasteiger partial charge in [0.25, 0.3) is 11.8 Å². The molecule has 0 saturated carbocycles. The van der Waals surface area contributed by atoms with Crippen LogP contribution in [0, 0.1) is 4.77 Å². The Morgan fingerprint density at radius 2 is 2.04 bits per heavy atom. The van der Waals surface area contributed by atoms with E-state index in [9.17, 15) is 9.59 Å². The summed E-state index contributed by atoms with van der Waals surface area (Å²) < 4.78 is 3.87. The third-order valence-corrected chi connectivity index (χ3v) is 4.38. The van der Waals surface area contributed by atoms with Crippen LogP contribution in [-0.4, -0.2) is 31.1 Å². The smallest absolute Gasteiger partial charge is 0.271 e. The van der Waals surface area contributed by atoms with E-state index in [2.05, 4.69) is 21.0 Å². The lowest BCUT2D eigenvalue weighted by molar-refractivity contribution is -0.122. The first kappa shape index (κ1) is 17.9. The van der Waals surface area contributed by atoms with Crippen LogP contribution in [-0.2, 0) is 24.8 Å². The molecule has 0 spiro atoms. The molecular formula is C17H20N6O2S. The molecule has 2 heterocycles. The molecule has 3 aromatic rings. The molecule has 0 bridgehead atoms. The second-order valence-electron chi connectivity index (χ2n) is 5.95. The van der Waals surface area contributed by atoms with Gasteiger partial charge in [-0.1, -0.05) is 25.1 Å². The molecule has 26 heavy (non-hydrogen) atoms. The first-order valence-corrected chi connectivity index (χ1v) is 8.69. The van der Waals surface area contributed by atoms with E-state index in [0.29, 0.717) is 22.6 Å². The quantitative estimate of drug-likeness (QED) is 0.470. The highest BCUT2D eigenvalue weighted by Crippen LogP contribution is 2.19. The third-order valence-electron chi connectivity index (χ3n) is 4.07. The second-order valence-corrected chi connectivity index (χ2v) is 6.34. The van der Waals surface area contributed by atoms with Crippen LogP contribution in [0.15, 0.2) is 30.5 Å². The van der Waals surface area contributed by atoms with E-state index in [1.54, 1.807) is 10.8 Å². The normalized spacial score (nSPS) is 10.8. The lowest BCUT2D eigenvalue weighted by Gasteiger charge is -2.09. The zero-order chi connectivity index (χ0) is 18.7. The van der Waals surface area contributed by atoms with Crippen molar-refractivity contribution in [3.63, 3.8) is 0 Å². The molecule has 0 aliphatic heterocycles. The SMILES string of the molecule is CCCc1n[nH]c(=S)n1CC(=O)NNC(=O)c1cn(C)c2ccccc12. The molecule has 136 valence electrons. The summed E-state index contributed by atoms with van der Waals surface area (Å²) in [5.41, 5.74) is 6.33. The highest BCUT2D eigenvalue weighted by molar-refractivity contribution is 7.71. The maximum absolute atomic E-state index is 12.4. The van der Waals surface area contributed by atoms with Crippen molar-refractivity contribution in [1.29, 1.82) is 0 Å². The number of carbonyl (C=O) groups is 2. The van der Waals surface area contributed by atoms with Crippen LogP contribution in [0.25, 0.3) is 10.9 Å². The van der Waals surface area contributed by atoms with Crippen LogP contribution in [0.5, 0.6) is 0 Å². The Bertz CT molecular complexity index is 1020. The molecule has 0 unspecified atom stereocenters. The summed E-state index contributed by atoms with van der Waals surface area (Å²) in [6.07, 6.45) is 3.33. The van der Waals surface area contributed by atoms with Gasteiger partial charge in [0.2, 0.25) is 0 Å². The number of fused-ring (bicyclic) bond motifs is 1. The van der Waals surface area contributed by atoms with E-state index in [4.69, 9.17) is 12.2 Å². The molecule has 0 radical (unpaired) electrons. The Labute approximate surface area is 155 Å². The highest BCUT2D eigenvalue weighted by Gasteiger charge is 2.15. The maximum Gasteiger partial charge on any atom is 0.271 e. The molecule has 9 heteroatoms. The van der Waals surface area contributed by atoms with Gasteiger partial charge in [0.15, 0.2) is 4.77 Å². The van der Waals surface area contributed by atoms with Gasteiger partial charge >= 0.3 is 0 Å². The van der Waals surface area contributed by atoms with Crippen LogP contribution in [0.1, 0.15) is 29.5 Å². The molecule has 0 saturated heterocycles. The van der Waals surface area contributed by atoms with Crippen molar-refractivity contribution in [3.8, 4) is 0 Å². The fraction of sp³-hybridized carbons (Fsp3) is 0.294. The van der Waals surface area contributed by atoms with Crippen molar-refractivity contribution in [2.75, 3.05) is 0 Å². The zero-order valence-electron chi connectivity index (χ0n) is 14.6. The predicted octanol–water partition coefficient (Wildman–Crippen LogP) is 1.85. The monoisotopic (exact) mass is 372 g/mol. The number of hydrogen-bond acceptors (Lipinski definition) is 4. The molecule has 0 atom stereocenters. The number of hydrogen-bond donors (Lipinski definition) is 3. The Kier molecular flexibility index (Phi) is 5.17. The van der Waals surface area contributed by atoms with E-state index >= 15 is 0 Å². The molecule has 8 nitrogen and oxygen atoms in total. The topological polar surface area (TPSA) is 96.7 Å². The van der Waals surface area contributed by atoms with Crippen LogP contribution in [0.3, 0.4) is 0 Å². The standard InChI is InChI=1S/C17H20N6O2S/c1-3-6-14-18-21-17(26)23(14)10-15(24)19-20-16(25)12-9-22(2)13-8-5-4-7-11(12)13/h4-5,7-9H,3,6,10H2,1-2H3,(H,19,24)(H,20,25)(H,21,26). The number of aryl methyl sites for hydroxylation is 2. The molecule has 2 aromatic heterocycles. The van der Waals surface area contributed by atoms with Crippen molar-refractivity contribution in [2.24, 2.45) is 7.05 Å². The maximum atomic E-state index is 12.4. The lowest BCUT2D eigenvalue weighted by Crippen LogP contribution is -2.43. The Balaban J connectivity index is 1.67. The number of nitrogens with one attached hydrogen (secondary N) is 3.